The van der Waals surface area contributed by atoms with Gasteiger partial charge in [0.05, 0.1) is 0 Å². The van der Waals surface area contributed by atoms with Gasteiger partial charge in [-0.3, -0.25) is 4.79 Å². The standard InChI is InChI=1S/C34H32N2O5/c1-34(21-24-14-6-3-7-15-24,32(39)35-30(31(37)38)20-23-12-4-2-5-13-23)36-33(40)41-22-29-27-18-10-8-16-25(27)26-17-9-11-19-28(26)29/h2-19,29-30H,20-22H2,1H3,(H,35,39)(H,36,40)(H,37,38)/t30-,34-/m0/s1. The van der Waals surface area contributed by atoms with Crippen molar-refractivity contribution in [1.82, 2.24) is 10.6 Å². The molecule has 208 valence electrons. The maximum atomic E-state index is 13.7. The van der Waals surface area contributed by atoms with Crippen LogP contribution in [0.3, 0.4) is 0 Å². The predicted octanol–water partition coefficient (Wildman–Crippen LogP) is 5.34. The molecule has 2 amide bonds. The minimum absolute atomic E-state index is 0.0919. The molecule has 0 radical (unpaired) electrons. The maximum Gasteiger partial charge on any atom is 0.408 e. The van der Waals surface area contributed by atoms with Gasteiger partial charge in [-0.05, 0) is 40.3 Å². The molecule has 1 aliphatic rings. The Bertz CT molecular complexity index is 1490. The second-order valence-corrected chi connectivity index (χ2v) is 10.5. The van der Waals surface area contributed by atoms with Crippen molar-refractivity contribution in [2.24, 2.45) is 0 Å². The molecule has 0 aliphatic heterocycles. The van der Waals surface area contributed by atoms with Gasteiger partial charge in [-0.1, -0.05) is 109 Å². The number of carbonyl (C=O) groups is 3. The van der Waals surface area contributed by atoms with Crippen LogP contribution in [0, 0.1) is 0 Å². The molecule has 0 aromatic heterocycles. The maximum absolute atomic E-state index is 13.7. The Labute approximate surface area is 239 Å². The molecule has 0 spiro atoms. The zero-order valence-electron chi connectivity index (χ0n) is 22.7. The van der Waals surface area contributed by atoms with Crippen LogP contribution in [-0.4, -0.2) is 41.3 Å². The highest BCUT2D eigenvalue weighted by atomic mass is 16.5. The summed E-state index contributed by atoms with van der Waals surface area (Å²) in [5.74, 6) is -1.91. The number of alkyl carbamates (subject to hydrolysis) is 1. The van der Waals surface area contributed by atoms with Crippen molar-refractivity contribution < 1.29 is 24.2 Å². The highest BCUT2D eigenvalue weighted by Gasteiger charge is 2.38. The SMILES string of the molecule is C[C@@](Cc1ccccc1)(NC(=O)OCC1c2ccccc2-c2ccccc21)C(=O)N[C@@H](Cc1ccccc1)C(=O)O. The number of carboxylic acids is 1. The van der Waals surface area contributed by atoms with Gasteiger partial charge in [0.15, 0.2) is 0 Å². The van der Waals surface area contributed by atoms with E-state index in [9.17, 15) is 19.5 Å². The molecule has 4 aromatic rings. The minimum atomic E-state index is -1.48. The predicted molar refractivity (Wildman–Crippen MR) is 156 cm³/mol. The zero-order valence-corrected chi connectivity index (χ0v) is 22.7. The first-order valence-electron chi connectivity index (χ1n) is 13.6. The van der Waals surface area contributed by atoms with Gasteiger partial charge in [0, 0.05) is 18.8 Å². The lowest BCUT2D eigenvalue weighted by Gasteiger charge is -2.31. The normalized spacial score (nSPS) is 14.2. The molecule has 2 atom stereocenters. The van der Waals surface area contributed by atoms with Crippen LogP contribution in [0.15, 0.2) is 109 Å². The summed E-state index contributed by atoms with van der Waals surface area (Å²) in [5.41, 5.74) is 4.49. The number of ether oxygens (including phenoxy) is 1. The van der Waals surface area contributed by atoms with Gasteiger partial charge in [0.2, 0.25) is 5.91 Å². The summed E-state index contributed by atoms with van der Waals surface area (Å²) < 4.78 is 5.72. The molecular weight excluding hydrogens is 516 g/mol. The molecule has 0 saturated heterocycles. The van der Waals surface area contributed by atoms with E-state index in [1.165, 1.54) is 0 Å². The molecule has 0 bridgehead atoms. The fraction of sp³-hybridized carbons (Fsp3) is 0.206. The van der Waals surface area contributed by atoms with E-state index in [1.54, 1.807) is 19.1 Å². The van der Waals surface area contributed by atoms with Gasteiger partial charge in [-0.25, -0.2) is 9.59 Å². The Morgan fingerprint density at radius 2 is 1.29 bits per heavy atom. The monoisotopic (exact) mass is 548 g/mol. The topological polar surface area (TPSA) is 105 Å². The molecule has 0 saturated carbocycles. The fourth-order valence-corrected chi connectivity index (χ4v) is 5.41. The Morgan fingerprint density at radius 3 is 1.85 bits per heavy atom. The number of hydrogen-bond acceptors (Lipinski definition) is 4. The van der Waals surface area contributed by atoms with E-state index in [0.717, 1.165) is 33.4 Å². The second kappa shape index (κ2) is 12.1. The number of amides is 2. The van der Waals surface area contributed by atoms with Gasteiger partial charge >= 0.3 is 12.1 Å². The number of rotatable bonds is 10. The van der Waals surface area contributed by atoms with Crippen LogP contribution in [0.5, 0.6) is 0 Å². The van der Waals surface area contributed by atoms with E-state index >= 15 is 0 Å². The summed E-state index contributed by atoms with van der Waals surface area (Å²) in [4.78, 5) is 38.9. The number of benzene rings is 4. The second-order valence-electron chi connectivity index (χ2n) is 10.5. The zero-order chi connectivity index (χ0) is 28.8. The molecule has 1 aliphatic carbocycles. The van der Waals surface area contributed by atoms with Crippen molar-refractivity contribution in [2.75, 3.05) is 6.61 Å². The third kappa shape index (κ3) is 6.30. The van der Waals surface area contributed by atoms with Crippen molar-refractivity contribution in [3.63, 3.8) is 0 Å². The lowest BCUT2D eigenvalue weighted by Crippen LogP contribution is -2.61. The van der Waals surface area contributed by atoms with Crippen molar-refractivity contribution in [2.45, 2.75) is 37.3 Å². The number of carbonyl (C=O) groups excluding carboxylic acids is 2. The van der Waals surface area contributed by atoms with Crippen LogP contribution in [0.1, 0.15) is 35.1 Å². The molecular formula is C34H32N2O5. The van der Waals surface area contributed by atoms with Crippen molar-refractivity contribution in [1.29, 1.82) is 0 Å². The van der Waals surface area contributed by atoms with E-state index in [4.69, 9.17) is 4.74 Å². The molecule has 0 heterocycles. The number of fused-ring (bicyclic) bond motifs is 3. The number of nitrogens with one attached hydrogen (secondary N) is 2. The molecule has 5 rings (SSSR count). The largest absolute Gasteiger partial charge is 0.480 e. The quantitative estimate of drug-likeness (QED) is 0.248. The van der Waals surface area contributed by atoms with Crippen LogP contribution in [-0.2, 0) is 27.2 Å². The third-order valence-corrected chi connectivity index (χ3v) is 7.51. The first-order chi connectivity index (χ1) is 19.8. The average molecular weight is 549 g/mol. The molecule has 3 N–H and O–H groups in total. The van der Waals surface area contributed by atoms with Crippen molar-refractivity contribution in [3.05, 3.63) is 131 Å². The van der Waals surface area contributed by atoms with E-state index in [2.05, 4.69) is 22.8 Å². The summed E-state index contributed by atoms with van der Waals surface area (Å²) in [5, 5.41) is 15.3. The van der Waals surface area contributed by atoms with Gasteiger partial charge in [0.1, 0.15) is 18.2 Å². The Balaban J connectivity index is 1.33. The van der Waals surface area contributed by atoms with Crippen LogP contribution in [0.4, 0.5) is 4.79 Å². The molecule has 41 heavy (non-hydrogen) atoms. The van der Waals surface area contributed by atoms with Gasteiger partial charge < -0.3 is 20.5 Å². The van der Waals surface area contributed by atoms with Crippen LogP contribution < -0.4 is 10.6 Å². The molecule has 7 heteroatoms. The minimum Gasteiger partial charge on any atom is -0.480 e. The van der Waals surface area contributed by atoms with E-state index in [1.807, 2.05) is 84.9 Å². The van der Waals surface area contributed by atoms with Gasteiger partial charge in [0.25, 0.3) is 0 Å². The number of carboxylic acid groups (broad SMARTS) is 1. The third-order valence-electron chi connectivity index (χ3n) is 7.51. The lowest BCUT2D eigenvalue weighted by molar-refractivity contribution is -0.142. The molecule has 0 unspecified atom stereocenters. The first-order valence-corrected chi connectivity index (χ1v) is 13.6. The van der Waals surface area contributed by atoms with Crippen LogP contribution >= 0.6 is 0 Å². The lowest BCUT2D eigenvalue weighted by atomic mass is 9.91. The highest BCUT2D eigenvalue weighted by Crippen LogP contribution is 2.44. The summed E-state index contributed by atoms with van der Waals surface area (Å²) in [6.07, 6.45) is -0.508. The van der Waals surface area contributed by atoms with E-state index in [0.29, 0.717) is 0 Å². The van der Waals surface area contributed by atoms with Gasteiger partial charge in [-0.2, -0.15) is 0 Å². The van der Waals surface area contributed by atoms with Crippen LogP contribution in [0.2, 0.25) is 0 Å². The van der Waals surface area contributed by atoms with E-state index < -0.39 is 29.6 Å². The molecule has 7 nitrogen and oxygen atoms in total. The Morgan fingerprint density at radius 1 is 0.780 bits per heavy atom. The van der Waals surface area contributed by atoms with Gasteiger partial charge in [-0.15, -0.1) is 0 Å². The Kier molecular flexibility index (Phi) is 8.15. The Hall–Kier alpha value is -4.91. The number of aliphatic carboxylic acids is 1. The highest BCUT2D eigenvalue weighted by molar-refractivity contribution is 5.93. The van der Waals surface area contributed by atoms with Crippen LogP contribution in [0.25, 0.3) is 11.1 Å². The molecule has 4 aromatic carbocycles. The summed E-state index contributed by atoms with van der Waals surface area (Å²) in [7, 11) is 0. The van der Waals surface area contributed by atoms with Crippen molar-refractivity contribution >= 4 is 18.0 Å². The summed E-state index contributed by atoms with van der Waals surface area (Å²) in [6, 6.07) is 33.2. The smallest absolute Gasteiger partial charge is 0.408 e. The summed E-state index contributed by atoms with van der Waals surface area (Å²) >= 11 is 0. The van der Waals surface area contributed by atoms with Crippen molar-refractivity contribution in [3.8, 4) is 11.1 Å². The molecule has 0 fully saturated rings. The van der Waals surface area contributed by atoms with E-state index in [-0.39, 0.29) is 25.4 Å². The number of hydrogen-bond donors (Lipinski definition) is 3. The first kappa shape index (κ1) is 27.6. The fourth-order valence-electron chi connectivity index (χ4n) is 5.41. The average Bonchev–Trinajstić information content (AvgIpc) is 3.30. The summed E-state index contributed by atoms with van der Waals surface area (Å²) in [6.45, 7) is 1.67.